The number of phenols is 1. The normalized spacial score (nSPS) is 13.1. The van der Waals surface area contributed by atoms with E-state index in [0.717, 1.165) is 12.0 Å². The first-order valence-corrected chi connectivity index (χ1v) is 16.5. The molecule has 0 aliphatic heterocycles. The number of fused-ring (bicyclic) bond motifs is 1. The number of phenolic OH excluding ortho intramolecular Hbond substituents is 1. The Morgan fingerprint density at radius 3 is 2.23 bits per heavy atom. The van der Waals surface area contributed by atoms with Crippen LogP contribution in [0.3, 0.4) is 0 Å². The van der Waals surface area contributed by atoms with Crippen LogP contribution in [-0.4, -0.2) is 60.0 Å². The number of rotatable bonds is 18. The monoisotopic (exact) mass is 663 g/mol. The Labute approximate surface area is 281 Å². The van der Waals surface area contributed by atoms with E-state index >= 15 is 0 Å². The molecule has 0 aliphatic rings. The molecule has 3 atom stereocenters. The molecular weight excluding hydrogens is 614 g/mol. The molecule has 7 N–H and O–H groups in total. The number of carbonyl (C=O) groups excluding carboxylic acids is 4. The summed E-state index contributed by atoms with van der Waals surface area (Å²) in [4.78, 5) is 64.9. The molecule has 0 saturated heterocycles. The molecule has 2 aromatic carbocycles. The van der Waals surface area contributed by atoms with Crippen LogP contribution in [0.2, 0.25) is 0 Å². The van der Waals surface area contributed by atoms with Gasteiger partial charge >= 0.3 is 5.63 Å². The van der Waals surface area contributed by atoms with Crippen LogP contribution < -0.4 is 32.6 Å². The van der Waals surface area contributed by atoms with E-state index in [-0.39, 0.29) is 60.8 Å². The Kier molecular flexibility index (Phi) is 14.6. The fourth-order valence-electron chi connectivity index (χ4n) is 5.31. The average Bonchev–Trinajstić information content (AvgIpc) is 3.02. The summed E-state index contributed by atoms with van der Waals surface area (Å²) in [5, 5.41) is 21.9. The lowest BCUT2D eigenvalue weighted by Crippen LogP contribution is -2.56. The minimum Gasteiger partial charge on any atom is -0.508 e. The predicted molar refractivity (Wildman–Crippen MR) is 184 cm³/mol. The molecule has 0 fully saturated rings. The largest absolute Gasteiger partial charge is 0.508 e. The highest BCUT2D eigenvalue weighted by Crippen LogP contribution is 2.22. The van der Waals surface area contributed by atoms with Gasteiger partial charge in [0.25, 0.3) is 0 Å². The number of hydrogen-bond donors (Lipinski definition) is 6. The summed E-state index contributed by atoms with van der Waals surface area (Å²) in [6.45, 7) is 8.38. The molecule has 3 rings (SSSR count). The fraction of sp³-hybridized carbons (Fsp3) is 0.472. The standard InChI is InChI=1S/C36H49N5O7/c1-22(2)16-28(39-32(43)12-8-9-15-37)36(47)41-30(23(3)4)21-38-35(46)29(17-24-10-6-5-7-11-24)40-33(44)18-25-19-34(45)48-31-20-26(42)13-14-27(25)31/h5-7,10-11,13-14,19-20,22-23,28-30,42H,8-9,12,15-18,21,37H2,1-4H3,(H,38,46)(H,39,43)(H,40,44)(H,41,47)/t28-,29-,30+/m0/s1. The van der Waals surface area contributed by atoms with E-state index in [1.165, 1.54) is 18.2 Å². The maximum atomic E-state index is 13.6. The van der Waals surface area contributed by atoms with Crippen molar-refractivity contribution in [2.24, 2.45) is 17.6 Å². The number of nitrogens with one attached hydrogen (secondary N) is 4. The number of carbonyl (C=O) groups is 4. The van der Waals surface area contributed by atoms with Crippen LogP contribution in [0.1, 0.15) is 64.5 Å². The molecule has 4 amide bonds. The number of unbranched alkanes of at least 4 members (excludes halogenated alkanes) is 1. The maximum Gasteiger partial charge on any atom is 0.336 e. The van der Waals surface area contributed by atoms with Crippen molar-refractivity contribution in [1.29, 1.82) is 0 Å². The summed E-state index contributed by atoms with van der Waals surface area (Å²) >= 11 is 0. The summed E-state index contributed by atoms with van der Waals surface area (Å²) in [7, 11) is 0. The van der Waals surface area contributed by atoms with Gasteiger partial charge in [0.15, 0.2) is 0 Å². The highest BCUT2D eigenvalue weighted by Gasteiger charge is 2.27. The first-order valence-electron chi connectivity index (χ1n) is 16.5. The van der Waals surface area contributed by atoms with Crippen LogP contribution >= 0.6 is 0 Å². The lowest BCUT2D eigenvalue weighted by Gasteiger charge is -2.28. The van der Waals surface area contributed by atoms with E-state index in [4.69, 9.17) is 10.2 Å². The second-order valence-corrected chi connectivity index (χ2v) is 12.9. The van der Waals surface area contributed by atoms with Crippen molar-refractivity contribution in [2.45, 2.75) is 84.3 Å². The smallest absolute Gasteiger partial charge is 0.336 e. The number of amides is 4. The summed E-state index contributed by atoms with van der Waals surface area (Å²) in [6, 6.07) is 12.6. The average molecular weight is 664 g/mol. The Morgan fingerprint density at radius 1 is 0.854 bits per heavy atom. The quantitative estimate of drug-likeness (QED) is 0.0884. The van der Waals surface area contributed by atoms with E-state index in [1.807, 2.05) is 58.0 Å². The summed E-state index contributed by atoms with van der Waals surface area (Å²) in [6.07, 6.45) is 2.11. The van der Waals surface area contributed by atoms with Gasteiger partial charge in [-0.2, -0.15) is 0 Å². The Balaban J connectivity index is 1.72. The third kappa shape index (κ3) is 12.1. The molecule has 0 unspecified atom stereocenters. The molecule has 0 spiro atoms. The highest BCUT2D eigenvalue weighted by molar-refractivity contribution is 5.91. The van der Waals surface area contributed by atoms with Crippen molar-refractivity contribution in [3.05, 3.63) is 76.1 Å². The summed E-state index contributed by atoms with van der Waals surface area (Å²) in [5.41, 5.74) is 6.23. The molecule has 12 heteroatoms. The van der Waals surface area contributed by atoms with Gasteiger partial charge in [-0.1, -0.05) is 58.0 Å². The van der Waals surface area contributed by atoms with Crippen LogP contribution in [0.15, 0.2) is 63.8 Å². The third-order valence-electron chi connectivity index (χ3n) is 7.94. The van der Waals surface area contributed by atoms with E-state index < -0.39 is 35.6 Å². The zero-order valence-electron chi connectivity index (χ0n) is 28.2. The number of nitrogens with two attached hydrogens (primary N) is 1. The number of aromatic hydroxyl groups is 1. The minimum absolute atomic E-state index is 0.0612. The lowest BCUT2D eigenvalue weighted by atomic mass is 9.99. The SMILES string of the molecule is CC(C)C[C@H](NC(=O)CCCCN)C(=O)N[C@H](CNC(=O)[C@H](Cc1ccccc1)NC(=O)Cc1cc(=O)oc2cc(O)ccc12)C(C)C. The highest BCUT2D eigenvalue weighted by atomic mass is 16.4. The van der Waals surface area contributed by atoms with Crippen molar-refractivity contribution in [3.8, 4) is 5.75 Å². The van der Waals surface area contributed by atoms with Crippen molar-refractivity contribution in [1.82, 2.24) is 21.3 Å². The van der Waals surface area contributed by atoms with E-state index in [1.54, 1.807) is 6.07 Å². The topological polar surface area (TPSA) is 193 Å². The van der Waals surface area contributed by atoms with Crippen molar-refractivity contribution in [3.63, 3.8) is 0 Å². The van der Waals surface area contributed by atoms with Gasteiger partial charge in [-0.15, -0.1) is 0 Å². The zero-order chi connectivity index (χ0) is 35.2. The van der Waals surface area contributed by atoms with Gasteiger partial charge in [0, 0.05) is 42.9 Å². The molecule has 260 valence electrons. The number of hydrogen-bond acceptors (Lipinski definition) is 8. The van der Waals surface area contributed by atoms with Gasteiger partial charge in [-0.25, -0.2) is 4.79 Å². The first kappa shape index (κ1) is 37.7. The lowest BCUT2D eigenvalue weighted by molar-refractivity contribution is -0.130. The molecule has 1 aromatic heterocycles. The third-order valence-corrected chi connectivity index (χ3v) is 7.94. The van der Waals surface area contributed by atoms with Crippen molar-refractivity contribution < 1.29 is 28.7 Å². The van der Waals surface area contributed by atoms with Gasteiger partial charge in [0.05, 0.1) is 6.42 Å². The van der Waals surface area contributed by atoms with E-state index in [0.29, 0.717) is 30.3 Å². The van der Waals surface area contributed by atoms with Gasteiger partial charge in [-0.3, -0.25) is 19.2 Å². The Bertz CT molecular complexity index is 1590. The van der Waals surface area contributed by atoms with E-state index in [2.05, 4.69) is 21.3 Å². The zero-order valence-corrected chi connectivity index (χ0v) is 28.2. The molecule has 0 saturated carbocycles. The molecule has 0 aliphatic carbocycles. The molecule has 1 heterocycles. The molecule has 0 bridgehead atoms. The molecule has 12 nitrogen and oxygen atoms in total. The molecular formula is C36H49N5O7. The van der Waals surface area contributed by atoms with Crippen LogP contribution in [0.5, 0.6) is 5.75 Å². The van der Waals surface area contributed by atoms with Gasteiger partial charge < -0.3 is 36.5 Å². The fourth-order valence-corrected chi connectivity index (χ4v) is 5.31. The Hall–Kier alpha value is -4.71. The predicted octanol–water partition coefficient (Wildman–Crippen LogP) is 2.69. The van der Waals surface area contributed by atoms with Gasteiger partial charge in [0.2, 0.25) is 23.6 Å². The van der Waals surface area contributed by atoms with Crippen molar-refractivity contribution in [2.75, 3.05) is 13.1 Å². The van der Waals surface area contributed by atoms with Crippen LogP contribution in [-0.2, 0) is 32.0 Å². The molecule has 48 heavy (non-hydrogen) atoms. The summed E-state index contributed by atoms with van der Waals surface area (Å²) < 4.78 is 5.17. The second kappa shape index (κ2) is 18.6. The van der Waals surface area contributed by atoms with Gasteiger partial charge in [0.1, 0.15) is 23.4 Å². The maximum absolute atomic E-state index is 13.6. The molecule has 3 aromatic rings. The van der Waals surface area contributed by atoms with Crippen LogP contribution in [0, 0.1) is 11.8 Å². The summed E-state index contributed by atoms with van der Waals surface area (Å²) in [5.74, 6) is -1.46. The Morgan fingerprint density at radius 2 is 1.56 bits per heavy atom. The van der Waals surface area contributed by atoms with Gasteiger partial charge in [-0.05, 0) is 60.9 Å². The molecule has 0 radical (unpaired) electrons. The van der Waals surface area contributed by atoms with E-state index in [9.17, 15) is 29.1 Å². The van der Waals surface area contributed by atoms with Crippen LogP contribution in [0.4, 0.5) is 0 Å². The van der Waals surface area contributed by atoms with Crippen molar-refractivity contribution >= 4 is 34.6 Å². The second-order valence-electron chi connectivity index (χ2n) is 12.9. The number of benzene rings is 2. The first-order chi connectivity index (χ1) is 22.9. The van der Waals surface area contributed by atoms with Crippen LogP contribution in [0.25, 0.3) is 11.0 Å². The minimum atomic E-state index is -0.958.